The van der Waals surface area contributed by atoms with Crippen LogP contribution in [0.25, 0.3) is 10.9 Å². The van der Waals surface area contributed by atoms with E-state index in [1.807, 2.05) is 71.4 Å². The number of aryl methyl sites for hydroxylation is 1. The molecule has 0 unspecified atom stereocenters. The third-order valence-electron chi connectivity index (χ3n) is 5.84. The molecule has 180 valence electrons. The van der Waals surface area contributed by atoms with Crippen molar-refractivity contribution in [3.8, 4) is 5.88 Å². The van der Waals surface area contributed by atoms with Crippen molar-refractivity contribution in [1.82, 2.24) is 14.8 Å². The fourth-order valence-corrected chi connectivity index (χ4v) is 4.84. The highest BCUT2D eigenvalue weighted by molar-refractivity contribution is 7.12. The number of fused-ring (bicyclic) bond motifs is 1. The van der Waals surface area contributed by atoms with Crippen LogP contribution in [0.5, 0.6) is 5.88 Å². The Morgan fingerprint density at radius 2 is 2.00 bits per heavy atom. The van der Waals surface area contributed by atoms with Crippen LogP contribution >= 0.6 is 11.3 Å². The van der Waals surface area contributed by atoms with Gasteiger partial charge in [0, 0.05) is 38.1 Å². The minimum atomic E-state index is -0.394. The second-order valence-electron chi connectivity index (χ2n) is 8.65. The van der Waals surface area contributed by atoms with Crippen LogP contribution in [0.2, 0.25) is 0 Å². The fraction of sp³-hybridized carbons (Fsp3) is 0.417. The molecule has 0 aliphatic carbocycles. The van der Waals surface area contributed by atoms with Crippen LogP contribution in [0.15, 0.2) is 35.7 Å². The van der Waals surface area contributed by atoms with E-state index in [1.54, 1.807) is 0 Å². The van der Waals surface area contributed by atoms with Gasteiger partial charge in [-0.15, -0.1) is 11.3 Å². The predicted octanol–water partition coefficient (Wildman–Crippen LogP) is 3.81. The summed E-state index contributed by atoms with van der Waals surface area (Å²) in [4.78, 5) is 35.7. The zero-order chi connectivity index (χ0) is 24.2. The molecule has 1 aromatic carbocycles. The van der Waals surface area contributed by atoms with E-state index in [0.29, 0.717) is 48.9 Å². The van der Waals surface area contributed by atoms with Gasteiger partial charge in [0.25, 0.3) is 11.8 Å². The SMILES string of the molecule is Cc1ccc2nc(OCCCN(C)C)c([N+](=O)[O-])c(N3CCN(C(=O)c4cccs4)CC3)c2c1. The lowest BCUT2D eigenvalue weighted by atomic mass is 10.1. The molecule has 1 saturated heterocycles. The molecule has 0 N–H and O–H groups in total. The number of aromatic nitrogens is 1. The molecule has 1 fully saturated rings. The molecule has 0 radical (unpaired) electrons. The Bertz CT molecular complexity index is 1170. The molecule has 34 heavy (non-hydrogen) atoms. The van der Waals surface area contributed by atoms with Crippen molar-refractivity contribution >= 4 is 39.5 Å². The predicted molar refractivity (Wildman–Crippen MR) is 134 cm³/mol. The molecule has 4 rings (SSSR count). The first-order valence-electron chi connectivity index (χ1n) is 11.3. The van der Waals surface area contributed by atoms with E-state index in [2.05, 4.69) is 4.98 Å². The summed E-state index contributed by atoms with van der Waals surface area (Å²) in [5.74, 6) is 0.0525. The first kappa shape index (κ1) is 23.9. The Morgan fingerprint density at radius 1 is 1.24 bits per heavy atom. The maximum absolute atomic E-state index is 12.8. The van der Waals surface area contributed by atoms with Crippen LogP contribution in [-0.4, -0.2) is 79.0 Å². The summed E-state index contributed by atoms with van der Waals surface area (Å²) < 4.78 is 5.86. The van der Waals surface area contributed by atoms with E-state index < -0.39 is 4.92 Å². The molecule has 3 heterocycles. The van der Waals surface area contributed by atoms with E-state index in [9.17, 15) is 14.9 Å². The van der Waals surface area contributed by atoms with Gasteiger partial charge in [-0.25, -0.2) is 4.98 Å². The van der Waals surface area contributed by atoms with Crippen molar-refractivity contribution in [3.63, 3.8) is 0 Å². The monoisotopic (exact) mass is 483 g/mol. The van der Waals surface area contributed by atoms with Crippen LogP contribution in [-0.2, 0) is 0 Å². The first-order valence-corrected chi connectivity index (χ1v) is 12.2. The number of carbonyl (C=O) groups excluding carboxylic acids is 1. The quantitative estimate of drug-likeness (QED) is 0.273. The summed E-state index contributed by atoms with van der Waals surface area (Å²) in [6.45, 7) is 5.07. The van der Waals surface area contributed by atoms with Crippen molar-refractivity contribution in [2.45, 2.75) is 13.3 Å². The van der Waals surface area contributed by atoms with Crippen LogP contribution in [0.3, 0.4) is 0 Å². The van der Waals surface area contributed by atoms with Gasteiger partial charge in [0.1, 0.15) is 5.69 Å². The number of pyridine rings is 1. The van der Waals surface area contributed by atoms with Gasteiger partial charge < -0.3 is 19.4 Å². The zero-order valence-corrected chi connectivity index (χ0v) is 20.5. The lowest BCUT2D eigenvalue weighted by Crippen LogP contribution is -2.48. The number of amides is 1. The Morgan fingerprint density at radius 3 is 2.65 bits per heavy atom. The van der Waals surface area contributed by atoms with Crippen LogP contribution in [0.1, 0.15) is 21.7 Å². The van der Waals surface area contributed by atoms with E-state index in [0.717, 1.165) is 23.9 Å². The highest BCUT2D eigenvalue weighted by Crippen LogP contribution is 2.42. The molecule has 0 atom stereocenters. The molecular formula is C24H29N5O4S. The lowest BCUT2D eigenvalue weighted by molar-refractivity contribution is -0.385. The highest BCUT2D eigenvalue weighted by atomic mass is 32.1. The number of benzene rings is 1. The number of thiophene rings is 1. The number of ether oxygens (including phenoxy) is 1. The third-order valence-corrected chi connectivity index (χ3v) is 6.70. The van der Waals surface area contributed by atoms with Crippen LogP contribution in [0, 0.1) is 17.0 Å². The Labute approximate surface area is 202 Å². The van der Waals surface area contributed by atoms with E-state index >= 15 is 0 Å². The molecule has 0 bridgehead atoms. The van der Waals surface area contributed by atoms with E-state index in [-0.39, 0.29) is 17.5 Å². The van der Waals surface area contributed by atoms with Gasteiger partial charge in [-0.1, -0.05) is 17.7 Å². The molecule has 1 amide bonds. The normalized spacial score (nSPS) is 14.1. The van der Waals surface area contributed by atoms with Gasteiger partial charge in [0.05, 0.1) is 21.9 Å². The number of carbonyl (C=O) groups is 1. The van der Waals surface area contributed by atoms with Crippen molar-refractivity contribution < 1.29 is 14.5 Å². The minimum Gasteiger partial charge on any atom is -0.473 e. The third kappa shape index (κ3) is 5.13. The van der Waals surface area contributed by atoms with Gasteiger partial charge in [0.2, 0.25) is 0 Å². The summed E-state index contributed by atoms with van der Waals surface area (Å²) in [7, 11) is 3.94. The maximum Gasteiger partial charge on any atom is 0.354 e. The number of anilines is 1. The Hall–Kier alpha value is -3.24. The van der Waals surface area contributed by atoms with Crippen molar-refractivity contribution in [2.75, 3.05) is 58.3 Å². The minimum absolute atomic E-state index is 0.00416. The summed E-state index contributed by atoms with van der Waals surface area (Å²) >= 11 is 1.42. The van der Waals surface area contributed by atoms with Crippen molar-refractivity contribution in [3.05, 3.63) is 56.3 Å². The van der Waals surface area contributed by atoms with Crippen LogP contribution in [0.4, 0.5) is 11.4 Å². The average Bonchev–Trinajstić information content (AvgIpc) is 3.35. The molecular weight excluding hydrogens is 454 g/mol. The number of nitro groups is 1. The molecule has 0 saturated carbocycles. The number of rotatable bonds is 8. The summed E-state index contributed by atoms with van der Waals surface area (Å²) in [5, 5.41) is 14.9. The van der Waals surface area contributed by atoms with Gasteiger partial charge in [-0.3, -0.25) is 14.9 Å². The highest BCUT2D eigenvalue weighted by Gasteiger charge is 2.33. The van der Waals surface area contributed by atoms with Gasteiger partial charge in [-0.2, -0.15) is 0 Å². The molecule has 2 aromatic heterocycles. The van der Waals surface area contributed by atoms with Gasteiger partial charge in [0.15, 0.2) is 0 Å². The number of hydrogen-bond donors (Lipinski definition) is 0. The van der Waals surface area contributed by atoms with Crippen LogP contribution < -0.4 is 9.64 Å². The number of piperazine rings is 1. The Balaban J connectivity index is 1.66. The molecule has 10 heteroatoms. The van der Waals surface area contributed by atoms with Gasteiger partial charge >= 0.3 is 5.69 Å². The average molecular weight is 484 g/mol. The first-order chi connectivity index (χ1) is 16.3. The summed E-state index contributed by atoms with van der Waals surface area (Å²) in [6.07, 6.45) is 0.733. The number of nitrogens with zero attached hydrogens (tertiary/aromatic N) is 5. The largest absolute Gasteiger partial charge is 0.473 e. The standard InChI is InChI=1S/C24H29N5O4S/c1-17-7-8-19-18(16-17)21(22(29(31)32)23(25-19)33-14-5-9-26(2)3)27-10-12-28(13-11-27)24(30)20-6-4-15-34-20/h4,6-8,15-16H,5,9-14H2,1-3H3. The summed E-state index contributed by atoms with van der Waals surface area (Å²) in [6, 6.07) is 9.44. The zero-order valence-electron chi connectivity index (χ0n) is 19.7. The smallest absolute Gasteiger partial charge is 0.354 e. The molecule has 9 nitrogen and oxygen atoms in total. The van der Waals surface area contributed by atoms with Gasteiger partial charge in [-0.05, 0) is 51.0 Å². The van der Waals surface area contributed by atoms with E-state index in [1.165, 1.54) is 11.3 Å². The Kier molecular flexibility index (Phi) is 7.28. The second-order valence-corrected chi connectivity index (χ2v) is 9.60. The molecule has 3 aromatic rings. The lowest BCUT2D eigenvalue weighted by Gasteiger charge is -2.36. The molecule has 1 aliphatic rings. The fourth-order valence-electron chi connectivity index (χ4n) is 4.15. The topological polar surface area (TPSA) is 92.0 Å². The second kappa shape index (κ2) is 10.4. The number of hydrogen-bond acceptors (Lipinski definition) is 8. The van der Waals surface area contributed by atoms with Crippen molar-refractivity contribution in [1.29, 1.82) is 0 Å². The summed E-state index contributed by atoms with van der Waals surface area (Å²) in [5.41, 5.74) is 2.06. The van der Waals surface area contributed by atoms with Crippen molar-refractivity contribution in [2.24, 2.45) is 0 Å². The maximum atomic E-state index is 12.8. The van der Waals surface area contributed by atoms with E-state index in [4.69, 9.17) is 4.74 Å². The molecule has 1 aliphatic heterocycles. The molecule has 0 spiro atoms.